The second kappa shape index (κ2) is 7.38. The molecule has 0 aromatic heterocycles. The van der Waals surface area contributed by atoms with Gasteiger partial charge >= 0.3 is 12.2 Å². The summed E-state index contributed by atoms with van der Waals surface area (Å²) in [4.78, 5) is 13.3. The number of rotatable bonds is 5. The number of fused-ring (bicyclic) bond motifs is 1. The number of carbonyl (C=O) groups is 1. The van der Waals surface area contributed by atoms with Gasteiger partial charge in [-0.2, -0.15) is 13.2 Å². The second-order valence-corrected chi connectivity index (χ2v) is 6.22. The van der Waals surface area contributed by atoms with E-state index in [4.69, 9.17) is 9.47 Å². The predicted octanol–water partition coefficient (Wildman–Crippen LogP) is 2.10. The van der Waals surface area contributed by atoms with Crippen molar-refractivity contribution in [2.24, 2.45) is 5.92 Å². The maximum atomic E-state index is 12.4. The molecule has 3 rings (SSSR count). The first-order chi connectivity index (χ1) is 11.9. The van der Waals surface area contributed by atoms with Crippen molar-refractivity contribution in [1.29, 1.82) is 0 Å². The Labute approximate surface area is 143 Å². The lowest BCUT2D eigenvalue weighted by atomic mass is 10.1. The zero-order chi connectivity index (χ0) is 17.9. The minimum absolute atomic E-state index is 0.0332. The molecular weight excluding hydrogens is 339 g/mol. The van der Waals surface area contributed by atoms with Crippen LogP contribution in [0.3, 0.4) is 0 Å². The van der Waals surface area contributed by atoms with Crippen LogP contribution in [0.25, 0.3) is 0 Å². The molecule has 0 bridgehead atoms. The van der Waals surface area contributed by atoms with Gasteiger partial charge in [0.2, 0.25) is 6.79 Å². The van der Waals surface area contributed by atoms with E-state index in [1.165, 1.54) is 4.90 Å². The molecule has 0 saturated carbocycles. The molecule has 138 valence electrons. The Morgan fingerprint density at radius 2 is 2.12 bits per heavy atom. The van der Waals surface area contributed by atoms with E-state index in [0.717, 1.165) is 5.56 Å². The van der Waals surface area contributed by atoms with E-state index in [0.29, 0.717) is 37.6 Å². The lowest BCUT2D eigenvalue weighted by Gasteiger charge is -2.18. The number of amides is 2. The summed E-state index contributed by atoms with van der Waals surface area (Å²) in [7, 11) is 0. The molecule has 2 N–H and O–H groups in total. The summed E-state index contributed by atoms with van der Waals surface area (Å²) < 4.78 is 47.7. The first-order valence-corrected chi connectivity index (χ1v) is 8.09. The molecule has 0 unspecified atom stereocenters. The molecule has 0 radical (unpaired) electrons. The summed E-state index contributed by atoms with van der Waals surface area (Å²) in [5.41, 5.74) is 0.808. The first-order valence-electron chi connectivity index (χ1n) is 8.09. The SMILES string of the molecule is O=C(NCc1cccc2c1OCO2)NC[C@H]1CCN(CC(F)(F)F)C1. The lowest BCUT2D eigenvalue weighted by Crippen LogP contribution is -2.39. The maximum absolute atomic E-state index is 12.4. The molecule has 1 aromatic carbocycles. The van der Waals surface area contributed by atoms with Crippen LogP contribution >= 0.6 is 0 Å². The van der Waals surface area contributed by atoms with Crippen LogP contribution in [0.4, 0.5) is 18.0 Å². The fourth-order valence-electron chi connectivity index (χ4n) is 3.08. The van der Waals surface area contributed by atoms with Gasteiger partial charge in [-0.15, -0.1) is 0 Å². The van der Waals surface area contributed by atoms with E-state index in [1.807, 2.05) is 12.1 Å². The zero-order valence-corrected chi connectivity index (χ0v) is 13.6. The second-order valence-electron chi connectivity index (χ2n) is 6.22. The summed E-state index contributed by atoms with van der Waals surface area (Å²) in [6.45, 7) is 0.652. The molecule has 1 fully saturated rings. The molecular formula is C16H20F3N3O3. The Bertz CT molecular complexity index is 624. The Morgan fingerprint density at radius 1 is 1.28 bits per heavy atom. The number of nitrogens with zero attached hydrogens (tertiary/aromatic N) is 1. The number of benzene rings is 1. The third kappa shape index (κ3) is 4.91. The number of para-hydroxylation sites is 1. The van der Waals surface area contributed by atoms with Crippen LogP contribution in [0, 0.1) is 5.92 Å². The smallest absolute Gasteiger partial charge is 0.401 e. The van der Waals surface area contributed by atoms with Gasteiger partial charge in [0.25, 0.3) is 0 Å². The summed E-state index contributed by atoms with van der Waals surface area (Å²) in [6, 6.07) is 5.08. The fourth-order valence-corrected chi connectivity index (χ4v) is 3.08. The normalized spacial score (nSPS) is 19.9. The molecule has 0 aliphatic carbocycles. The van der Waals surface area contributed by atoms with Crippen LogP contribution in [0.2, 0.25) is 0 Å². The number of halogens is 3. The topological polar surface area (TPSA) is 62.8 Å². The molecule has 2 aliphatic rings. The van der Waals surface area contributed by atoms with Crippen molar-refractivity contribution >= 4 is 6.03 Å². The molecule has 0 spiro atoms. The standard InChI is InChI=1S/C16H20F3N3O3/c17-16(18,19)9-22-5-4-11(8-22)6-20-15(23)21-7-12-2-1-3-13-14(12)25-10-24-13/h1-3,11H,4-10H2,(H2,20,21,23)/t11-/m1/s1. The highest BCUT2D eigenvalue weighted by atomic mass is 19.4. The molecule has 1 aromatic rings. The molecule has 1 atom stereocenters. The Balaban J connectivity index is 1.39. The highest BCUT2D eigenvalue weighted by Gasteiger charge is 2.34. The minimum atomic E-state index is -4.18. The van der Waals surface area contributed by atoms with E-state index in [1.54, 1.807) is 6.07 Å². The molecule has 2 aliphatic heterocycles. The largest absolute Gasteiger partial charge is 0.454 e. The molecule has 1 saturated heterocycles. The van der Waals surface area contributed by atoms with Crippen molar-refractivity contribution < 1.29 is 27.4 Å². The molecule has 25 heavy (non-hydrogen) atoms. The van der Waals surface area contributed by atoms with Gasteiger partial charge in [-0.1, -0.05) is 12.1 Å². The molecule has 9 heteroatoms. The quantitative estimate of drug-likeness (QED) is 0.845. The summed E-state index contributed by atoms with van der Waals surface area (Å²) in [5, 5.41) is 5.44. The van der Waals surface area contributed by atoms with Crippen LogP contribution in [0.5, 0.6) is 11.5 Å². The number of carbonyl (C=O) groups excluding carboxylic acids is 1. The summed E-state index contributed by atoms with van der Waals surface area (Å²) in [5.74, 6) is 1.31. The van der Waals surface area contributed by atoms with Gasteiger partial charge in [0.1, 0.15) is 0 Å². The van der Waals surface area contributed by atoms with Crippen LogP contribution < -0.4 is 20.1 Å². The molecule has 2 heterocycles. The Hall–Kier alpha value is -2.16. The Morgan fingerprint density at radius 3 is 2.92 bits per heavy atom. The van der Waals surface area contributed by atoms with Crippen LogP contribution in [0.1, 0.15) is 12.0 Å². The number of likely N-dealkylation sites (tertiary alicyclic amines) is 1. The zero-order valence-electron chi connectivity index (χ0n) is 13.6. The van der Waals surface area contributed by atoms with Crippen molar-refractivity contribution in [1.82, 2.24) is 15.5 Å². The average molecular weight is 359 g/mol. The van der Waals surface area contributed by atoms with Gasteiger partial charge in [-0.25, -0.2) is 4.79 Å². The Kier molecular flexibility index (Phi) is 5.22. The van der Waals surface area contributed by atoms with Crippen molar-refractivity contribution in [2.75, 3.05) is 33.0 Å². The number of hydrogen-bond donors (Lipinski definition) is 2. The number of alkyl halides is 3. The van der Waals surface area contributed by atoms with Gasteiger partial charge in [-0.3, -0.25) is 4.90 Å². The van der Waals surface area contributed by atoms with E-state index >= 15 is 0 Å². The summed E-state index contributed by atoms with van der Waals surface area (Å²) in [6.07, 6.45) is -3.53. The molecule has 2 amide bonds. The lowest BCUT2D eigenvalue weighted by molar-refractivity contribution is -0.143. The van der Waals surface area contributed by atoms with Crippen molar-refractivity contribution in [3.63, 3.8) is 0 Å². The van der Waals surface area contributed by atoms with Gasteiger partial charge < -0.3 is 20.1 Å². The number of nitrogens with one attached hydrogen (secondary N) is 2. The fraction of sp³-hybridized carbons (Fsp3) is 0.562. The van der Waals surface area contributed by atoms with Crippen LogP contribution in [-0.2, 0) is 6.54 Å². The minimum Gasteiger partial charge on any atom is -0.454 e. The van der Waals surface area contributed by atoms with Gasteiger partial charge in [0.15, 0.2) is 11.5 Å². The van der Waals surface area contributed by atoms with Crippen LogP contribution in [0.15, 0.2) is 18.2 Å². The third-order valence-electron chi connectivity index (χ3n) is 4.24. The van der Waals surface area contributed by atoms with Crippen LogP contribution in [-0.4, -0.2) is 50.1 Å². The first kappa shape index (κ1) is 17.7. The average Bonchev–Trinajstić information content (AvgIpc) is 3.18. The van der Waals surface area contributed by atoms with Gasteiger partial charge in [-0.05, 0) is 24.9 Å². The highest BCUT2D eigenvalue weighted by molar-refractivity contribution is 5.74. The number of urea groups is 1. The monoisotopic (exact) mass is 359 g/mol. The number of hydrogen-bond acceptors (Lipinski definition) is 4. The maximum Gasteiger partial charge on any atom is 0.401 e. The number of ether oxygens (including phenoxy) is 2. The van der Waals surface area contributed by atoms with E-state index < -0.39 is 12.7 Å². The van der Waals surface area contributed by atoms with Gasteiger partial charge in [0.05, 0.1) is 6.54 Å². The van der Waals surface area contributed by atoms with Gasteiger partial charge in [0, 0.05) is 25.2 Å². The third-order valence-corrected chi connectivity index (χ3v) is 4.24. The van der Waals surface area contributed by atoms with E-state index in [-0.39, 0.29) is 25.3 Å². The van der Waals surface area contributed by atoms with E-state index in [2.05, 4.69) is 10.6 Å². The van der Waals surface area contributed by atoms with Crippen molar-refractivity contribution in [3.8, 4) is 11.5 Å². The molecule has 6 nitrogen and oxygen atoms in total. The predicted molar refractivity (Wildman–Crippen MR) is 83.4 cm³/mol. The van der Waals surface area contributed by atoms with Crippen molar-refractivity contribution in [2.45, 2.75) is 19.1 Å². The highest BCUT2D eigenvalue weighted by Crippen LogP contribution is 2.35. The van der Waals surface area contributed by atoms with E-state index in [9.17, 15) is 18.0 Å². The van der Waals surface area contributed by atoms with Crippen molar-refractivity contribution in [3.05, 3.63) is 23.8 Å². The summed E-state index contributed by atoms with van der Waals surface area (Å²) >= 11 is 0.